The quantitative estimate of drug-likeness (QED) is 0.794. The van der Waals surface area contributed by atoms with Gasteiger partial charge in [-0.2, -0.15) is 5.26 Å². The van der Waals surface area contributed by atoms with Crippen molar-refractivity contribution in [2.45, 2.75) is 13.0 Å². The summed E-state index contributed by atoms with van der Waals surface area (Å²) in [5.74, 6) is 0.467. The van der Waals surface area contributed by atoms with Crippen LogP contribution in [0.3, 0.4) is 0 Å². The smallest absolute Gasteiger partial charge is 0.201 e. The molecule has 0 aliphatic heterocycles. The number of fused-ring (bicyclic) bond motifs is 1. The Hall–Kier alpha value is -2.32. The standard InChI is InChI=1S/C14H12N4S/c15-9-10-3-1-5-12-13(10)17-14(16)18(12)7-6-11-4-2-8-19-11/h1-5,8H,6-7H2,(H2,16,17). The molecule has 5 heteroatoms. The zero-order valence-electron chi connectivity index (χ0n) is 10.2. The van der Waals surface area contributed by atoms with Gasteiger partial charge in [-0.05, 0) is 30.0 Å². The van der Waals surface area contributed by atoms with Gasteiger partial charge < -0.3 is 10.3 Å². The number of thiophene rings is 1. The lowest BCUT2D eigenvalue weighted by Crippen LogP contribution is -2.04. The van der Waals surface area contributed by atoms with Crippen LogP contribution >= 0.6 is 11.3 Å². The normalized spacial score (nSPS) is 10.7. The zero-order valence-corrected chi connectivity index (χ0v) is 11.0. The van der Waals surface area contributed by atoms with Crippen LogP contribution in [0.5, 0.6) is 0 Å². The molecule has 0 spiro atoms. The van der Waals surface area contributed by atoms with Crippen molar-refractivity contribution in [3.05, 3.63) is 46.2 Å². The van der Waals surface area contributed by atoms with Gasteiger partial charge in [0.1, 0.15) is 11.6 Å². The van der Waals surface area contributed by atoms with Gasteiger partial charge in [0, 0.05) is 11.4 Å². The number of para-hydroxylation sites is 1. The Bertz CT molecular complexity index is 750. The minimum Gasteiger partial charge on any atom is -0.369 e. The molecule has 0 aliphatic carbocycles. The van der Waals surface area contributed by atoms with E-state index < -0.39 is 0 Å². The van der Waals surface area contributed by atoms with E-state index in [1.54, 1.807) is 17.4 Å². The van der Waals surface area contributed by atoms with Gasteiger partial charge in [0.15, 0.2) is 0 Å². The molecule has 3 rings (SSSR count). The maximum Gasteiger partial charge on any atom is 0.201 e. The molecule has 2 N–H and O–H groups in total. The van der Waals surface area contributed by atoms with E-state index >= 15 is 0 Å². The molecule has 1 aromatic carbocycles. The molecule has 0 atom stereocenters. The number of nitriles is 1. The van der Waals surface area contributed by atoms with Crippen molar-refractivity contribution in [1.82, 2.24) is 9.55 Å². The van der Waals surface area contributed by atoms with Crippen LogP contribution in [0.1, 0.15) is 10.4 Å². The Morgan fingerprint density at radius 1 is 1.32 bits per heavy atom. The Morgan fingerprint density at radius 2 is 2.21 bits per heavy atom. The molecule has 2 heterocycles. The minimum absolute atomic E-state index is 0.467. The summed E-state index contributed by atoms with van der Waals surface area (Å²) in [6, 6.07) is 11.9. The Morgan fingerprint density at radius 3 is 2.95 bits per heavy atom. The number of imidazole rings is 1. The van der Waals surface area contributed by atoms with Gasteiger partial charge in [-0.25, -0.2) is 4.98 Å². The fraction of sp³-hybridized carbons (Fsp3) is 0.143. The van der Waals surface area contributed by atoms with E-state index in [4.69, 9.17) is 11.0 Å². The van der Waals surface area contributed by atoms with Crippen molar-refractivity contribution in [3.8, 4) is 6.07 Å². The van der Waals surface area contributed by atoms with Crippen molar-refractivity contribution < 1.29 is 0 Å². The monoisotopic (exact) mass is 268 g/mol. The molecule has 0 saturated carbocycles. The lowest BCUT2D eigenvalue weighted by Gasteiger charge is -2.05. The molecule has 2 aromatic heterocycles. The maximum atomic E-state index is 9.08. The number of nitrogens with zero attached hydrogens (tertiary/aromatic N) is 3. The Balaban J connectivity index is 1.99. The third-order valence-corrected chi connectivity index (χ3v) is 4.03. The van der Waals surface area contributed by atoms with Crippen LogP contribution in [0, 0.1) is 11.3 Å². The number of hydrogen-bond acceptors (Lipinski definition) is 4. The zero-order chi connectivity index (χ0) is 13.2. The van der Waals surface area contributed by atoms with E-state index in [2.05, 4.69) is 22.5 Å². The lowest BCUT2D eigenvalue weighted by atomic mass is 10.2. The number of aromatic nitrogens is 2. The SMILES string of the molecule is N#Cc1cccc2c1nc(N)n2CCc1cccs1. The van der Waals surface area contributed by atoms with E-state index in [9.17, 15) is 0 Å². The van der Waals surface area contributed by atoms with Crippen LogP contribution in [0.4, 0.5) is 5.95 Å². The molecule has 0 bridgehead atoms. The Labute approximate surface area is 114 Å². The van der Waals surface area contributed by atoms with E-state index in [1.807, 2.05) is 22.8 Å². The summed E-state index contributed by atoms with van der Waals surface area (Å²) < 4.78 is 1.97. The first-order chi connectivity index (χ1) is 9.29. The van der Waals surface area contributed by atoms with E-state index in [-0.39, 0.29) is 0 Å². The van der Waals surface area contributed by atoms with Gasteiger partial charge in [0.05, 0.1) is 11.1 Å². The second-order valence-corrected chi connectivity index (χ2v) is 5.27. The average molecular weight is 268 g/mol. The number of nitrogens with two attached hydrogens (primary N) is 1. The molecule has 0 fully saturated rings. The molecule has 0 saturated heterocycles. The predicted octanol–water partition coefficient (Wildman–Crippen LogP) is 2.79. The third-order valence-electron chi connectivity index (χ3n) is 3.09. The van der Waals surface area contributed by atoms with Crippen molar-refractivity contribution in [2.24, 2.45) is 0 Å². The number of aryl methyl sites for hydroxylation is 2. The van der Waals surface area contributed by atoms with Crippen molar-refractivity contribution in [1.29, 1.82) is 5.26 Å². The first-order valence-corrected chi connectivity index (χ1v) is 6.85. The number of nitrogen functional groups attached to an aromatic ring is 1. The summed E-state index contributed by atoms with van der Waals surface area (Å²) in [5, 5.41) is 11.1. The molecule has 19 heavy (non-hydrogen) atoms. The summed E-state index contributed by atoms with van der Waals surface area (Å²) in [5.41, 5.74) is 8.14. The van der Waals surface area contributed by atoms with Crippen LogP contribution in [0.2, 0.25) is 0 Å². The highest BCUT2D eigenvalue weighted by Gasteiger charge is 2.11. The topological polar surface area (TPSA) is 67.6 Å². The van der Waals surface area contributed by atoms with Gasteiger partial charge in [0.2, 0.25) is 5.95 Å². The largest absolute Gasteiger partial charge is 0.369 e. The van der Waals surface area contributed by atoms with E-state index in [0.29, 0.717) is 17.0 Å². The van der Waals surface area contributed by atoms with Gasteiger partial charge in [-0.15, -0.1) is 11.3 Å². The summed E-state index contributed by atoms with van der Waals surface area (Å²) >= 11 is 1.74. The highest BCUT2D eigenvalue weighted by atomic mass is 32.1. The molecule has 0 aliphatic rings. The van der Waals surface area contributed by atoms with Crippen LogP contribution in [-0.4, -0.2) is 9.55 Å². The maximum absolute atomic E-state index is 9.08. The van der Waals surface area contributed by atoms with Crippen molar-refractivity contribution in [3.63, 3.8) is 0 Å². The molecule has 0 amide bonds. The first kappa shape index (κ1) is 11.8. The fourth-order valence-corrected chi connectivity index (χ4v) is 2.87. The summed E-state index contributed by atoms with van der Waals surface area (Å²) in [7, 11) is 0. The first-order valence-electron chi connectivity index (χ1n) is 5.97. The number of benzene rings is 1. The van der Waals surface area contributed by atoms with E-state index in [1.165, 1.54) is 4.88 Å². The number of rotatable bonds is 3. The molecule has 0 unspecified atom stereocenters. The summed E-state index contributed by atoms with van der Waals surface area (Å²) in [4.78, 5) is 5.62. The average Bonchev–Trinajstić information content (AvgIpc) is 3.03. The van der Waals surface area contributed by atoms with Crippen molar-refractivity contribution in [2.75, 3.05) is 5.73 Å². The number of anilines is 1. The van der Waals surface area contributed by atoms with Crippen LogP contribution in [-0.2, 0) is 13.0 Å². The van der Waals surface area contributed by atoms with Crippen LogP contribution in [0.15, 0.2) is 35.7 Å². The van der Waals surface area contributed by atoms with Gasteiger partial charge in [-0.3, -0.25) is 0 Å². The van der Waals surface area contributed by atoms with Crippen LogP contribution < -0.4 is 5.73 Å². The minimum atomic E-state index is 0.467. The fourth-order valence-electron chi connectivity index (χ4n) is 2.17. The Kier molecular flexibility index (Phi) is 2.94. The molecule has 94 valence electrons. The third kappa shape index (κ3) is 2.07. The van der Waals surface area contributed by atoms with Crippen LogP contribution in [0.25, 0.3) is 11.0 Å². The highest BCUT2D eigenvalue weighted by Crippen LogP contribution is 2.22. The molecule has 0 radical (unpaired) electrons. The predicted molar refractivity (Wildman–Crippen MR) is 76.9 cm³/mol. The number of hydrogen-bond donors (Lipinski definition) is 1. The molecular weight excluding hydrogens is 256 g/mol. The molecule has 4 nitrogen and oxygen atoms in total. The summed E-state index contributed by atoms with van der Waals surface area (Å²) in [6.07, 6.45) is 0.921. The van der Waals surface area contributed by atoms with E-state index in [0.717, 1.165) is 18.5 Å². The summed E-state index contributed by atoms with van der Waals surface area (Å²) in [6.45, 7) is 0.776. The second-order valence-electron chi connectivity index (χ2n) is 4.24. The van der Waals surface area contributed by atoms with Gasteiger partial charge >= 0.3 is 0 Å². The van der Waals surface area contributed by atoms with Gasteiger partial charge in [-0.1, -0.05) is 12.1 Å². The van der Waals surface area contributed by atoms with Gasteiger partial charge in [0.25, 0.3) is 0 Å². The van der Waals surface area contributed by atoms with Crippen molar-refractivity contribution >= 4 is 28.3 Å². The highest BCUT2D eigenvalue weighted by molar-refractivity contribution is 7.09. The second kappa shape index (κ2) is 4.75. The lowest BCUT2D eigenvalue weighted by molar-refractivity contribution is 0.733. The molecular formula is C14H12N4S. The molecule has 3 aromatic rings.